The summed E-state index contributed by atoms with van der Waals surface area (Å²) in [6, 6.07) is 1.61. The van der Waals surface area contributed by atoms with Crippen molar-refractivity contribution in [1.29, 1.82) is 0 Å². The van der Waals surface area contributed by atoms with Crippen molar-refractivity contribution >= 4 is 21.9 Å². The normalized spacial score (nSPS) is 13.7. The van der Waals surface area contributed by atoms with Crippen molar-refractivity contribution in [3.63, 3.8) is 0 Å². The molecule has 0 atom stereocenters. The summed E-state index contributed by atoms with van der Waals surface area (Å²) < 4.78 is 10.4. The van der Waals surface area contributed by atoms with Gasteiger partial charge < -0.3 is 14.6 Å². The lowest BCUT2D eigenvalue weighted by atomic mass is 10.1. The van der Waals surface area contributed by atoms with E-state index < -0.39 is 5.97 Å². The zero-order valence-electron chi connectivity index (χ0n) is 7.33. The summed E-state index contributed by atoms with van der Waals surface area (Å²) in [5, 5.41) is 9.66. The molecule has 0 radical (unpaired) electrons. The minimum absolute atomic E-state index is 0.159. The fraction of sp³-hybridized carbons (Fsp3) is 0.222. The number of phenols is 1. The SMILES string of the molecule is COc1cc(Br)c2c(c1O)C(=O)OC2. The lowest BCUT2D eigenvalue weighted by Crippen LogP contribution is -1.96. The van der Waals surface area contributed by atoms with Gasteiger partial charge in [0.2, 0.25) is 0 Å². The Balaban J connectivity index is 2.71. The highest BCUT2D eigenvalue weighted by Gasteiger charge is 2.29. The van der Waals surface area contributed by atoms with E-state index in [9.17, 15) is 9.90 Å². The summed E-state index contributed by atoms with van der Waals surface area (Å²) in [5.74, 6) is -0.417. The van der Waals surface area contributed by atoms with Gasteiger partial charge in [0.15, 0.2) is 11.5 Å². The zero-order chi connectivity index (χ0) is 10.3. The van der Waals surface area contributed by atoms with E-state index in [-0.39, 0.29) is 23.7 Å². The van der Waals surface area contributed by atoms with Crippen LogP contribution in [-0.2, 0) is 11.3 Å². The van der Waals surface area contributed by atoms with Crippen LogP contribution in [0.3, 0.4) is 0 Å². The highest BCUT2D eigenvalue weighted by atomic mass is 79.9. The van der Waals surface area contributed by atoms with E-state index in [0.29, 0.717) is 10.0 Å². The van der Waals surface area contributed by atoms with E-state index in [1.165, 1.54) is 7.11 Å². The van der Waals surface area contributed by atoms with E-state index in [0.717, 1.165) is 0 Å². The Morgan fingerprint density at radius 1 is 1.64 bits per heavy atom. The van der Waals surface area contributed by atoms with Crippen LogP contribution in [0.15, 0.2) is 10.5 Å². The Hall–Kier alpha value is -1.23. The first-order valence-electron chi connectivity index (χ1n) is 3.90. The van der Waals surface area contributed by atoms with Gasteiger partial charge in [-0.1, -0.05) is 15.9 Å². The molecule has 74 valence electrons. The van der Waals surface area contributed by atoms with Gasteiger partial charge in [0.25, 0.3) is 0 Å². The van der Waals surface area contributed by atoms with Crippen molar-refractivity contribution in [3.05, 3.63) is 21.7 Å². The van der Waals surface area contributed by atoms with Crippen LogP contribution in [0.1, 0.15) is 15.9 Å². The van der Waals surface area contributed by atoms with Gasteiger partial charge in [0.05, 0.1) is 7.11 Å². The molecular weight excluding hydrogens is 252 g/mol. The second-order valence-electron chi connectivity index (χ2n) is 2.84. The maximum atomic E-state index is 11.2. The average molecular weight is 259 g/mol. The molecule has 1 aliphatic heterocycles. The molecule has 0 amide bonds. The Morgan fingerprint density at radius 2 is 2.36 bits per heavy atom. The van der Waals surface area contributed by atoms with Gasteiger partial charge in [0, 0.05) is 10.0 Å². The van der Waals surface area contributed by atoms with Gasteiger partial charge >= 0.3 is 5.97 Å². The van der Waals surface area contributed by atoms with Gasteiger partial charge in [-0.2, -0.15) is 0 Å². The predicted molar refractivity (Wildman–Crippen MR) is 51.5 cm³/mol. The van der Waals surface area contributed by atoms with Crippen LogP contribution >= 0.6 is 15.9 Å². The quantitative estimate of drug-likeness (QED) is 0.782. The molecule has 1 aliphatic rings. The summed E-state index contributed by atoms with van der Waals surface area (Å²) in [5.41, 5.74) is 0.851. The third-order valence-corrected chi connectivity index (χ3v) is 2.80. The number of carbonyl (C=O) groups excluding carboxylic acids is 1. The van der Waals surface area contributed by atoms with E-state index in [1.807, 2.05) is 0 Å². The minimum Gasteiger partial charge on any atom is -0.504 e. The molecule has 2 rings (SSSR count). The maximum absolute atomic E-state index is 11.2. The second-order valence-corrected chi connectivity index (χ2v) is 3.69. The Kier molecular flexibility index (Phi) is 2.11. The number of carbonyl (C=O) groups is 1. The molecule has 0 saturated heterocycles. The van der Waals surface area contributed by atoms with Crippen LogP contribution in [-0.4, -0.2) is 18.2 Å². The van der Waals surface area contributed by atoms with Crippen LogP contribution in [0.25, 0.3) is 0 Å². The van der Waals surface area contributed by atoms with E-state index in [2.05, 4.69) is 15.9 Å². The molecule has 0 fully saturated rings. The van der Waals surface area contributed by atoms with Gasteiger partial charge in [0.1, 0.15) is 12.2 Å². The average Bonchev–Trinajstić information content (AvgIpc) is 2.54. The summed E-state index contributed by atoms with van der Waals surface area (Å²) in [7, 11) is 1.42. The molecule has 1 aromatic carbocycles. The smallest absolute Gasteiger partial charge is 0.342 e. The number of aromatic hydroxyl groups is 1. The fourth-order valence-electron chi connectivity index (χ4n) is 1.38. The van der Waals surface area contributed by atoms with Crippen molar-refractivity contribution in [3.8, 4) is 11.5 Å². The number of fused-ring (bicyclic) bond motifs is 1. The lowest BCUT2D eigenvalue weighted by molar-refractivity contribution is 0.0532. The van der Waals surface area contributed by atoms with Crippen LogP contribution in [0, 0.1) is 0 Å². The number of benzene rings is 1. The highest BCUT2D eigenvalue weighted by molar-refractivity contribution is 9.10. The molecule has 5 heteroatoms. The highest BCUT2D eigenvalue weighted by Crippen LogP contribution is 2.40. The summed E-state index contributed by atoms with van der Waals surface area (Å²) in [6.07, 6.45) is 0. The molecule has 4 nitrogen and oxygen atoms in total. The maximum Gasteiger partial charge on any atom is 0.342 e. The number of phenolic OH excluding ortho intramolecular Hbond substituents is 1. The third-order valence-electron chi connectivity index (χ3n) is 2.09. The number of ether oxygens (including phenoxy) is 2. The van der Waals surface area contributed by atoms with Crippen LogP contribution in [0.2, 0.25) is 0 Å². The van der Waals surface area contributed by atoms with Gasteiger partial charge in [-0.3, -0.25) is 0 Å². The first-order valence-corrected chi connectivity index (χ1v) is 4.70. The van der Waals surface area contributed by atoms with Gasteiger partial charge in [-0.15, -0.1) is 0 Å². The standard InChI is InChI=1S/C9H7BrO4/c1-13-6-2-5(10)4-3-14-9(12)7(4)8(6)11/h2,11H,3H2,1H3. The topological polar surface area (TPSA) is 55.8 Å². The molecule has 1 aromatic rings. The molecule has 0 bridgehead atoms. The predicted octanol–water partition coefficient (Wildman–Crippen LogP) is 1.83. The molecule has 0 aliphatic carbocycles. The summed E-state index contributed by atoms with van der Waals surface area (Å²) >= 11 is 3.28. The lowest BCUT2D eigenvalue weighted by Gasteiger charge is -2.07. The van der Waals surface area contributed by atoms with Crippen molar-refractivity contribution in [2.75, 3.05) is 7.11 Å². The molecular formula is C9H7BrO4. The minimum atomic E-state index is -0.517. The van der Waals surface area contributed by atoms with E-state index >= 15 is 0 Å². The molecule has 1 heterocycles. The van der Waals surface area contributed by atoms with E-state index in [4.69, 9.17) is 9.47 Å². The number of hydrogen-bond donors (Lipinski definition) is 1. The zero-order valence-corrected chi connectivity index (χ0v) is 8.92. The largest absolute Gasteiger partial charge is 0.504 e. The van der Waals surface area contributed by atoms with Gasteiger partial charge in [-0.25, -0.2) is 4.79 Å². The Labute approximate surface area is 88.6 Å². The van der Waals surface area contributed by atoms with Crippen LogP contribution in [0.4, 0.5) is 0 Å². The molecule has 0 aromatic heterocycles. The fourth-order valence-corrected chi connectivity index (χ4v) is 1.90. The molecule has 1 N–H and O–H groups in total. The second kappa shape index (κ2) is 3.16. The first kappa shape index (κ1) is 9.33. The summed E-state index contributed by atoms with van der Waals surface area (Å²) in [4.78, 5) is 11.2. The molecule has 0 unspecified atom stereocenters. The molecule has 14 heavy (non-hydrogen) atoms. The number of methoxy groups -OCH3 is 1. The molecule has 0 spiro atoms. The summed E-state index contributed by atoms with van der Waals surface area (Å²) in [6.45, 7) is 0.187. The van der Waals surface area contributed by atoms with Gasteiger partial charge in [-0.05, 0) is 6.07 Å². The Bertz CT molecular complexity index is 414. The monoisotopic (exact) mass is 258 g/mol. The number of cyclic esters (lactones) is 1. The number of hydrogen-bond acceptors (Lipinski definition) is 4. The third kappa shape index (κ3) is 1.16. The number of halogens is 1. The van der Waals surface area contributed by atoms with Crippen LogP contribution < -0.4 is 4.74 Å². The number of esters is 1. The van der Waals surface area contributed by atoms with Crippen molar-refractivity contribution in [1.82, 2.24) is 0 Å². The van der Waals surface area contributed by atoms with Crippen molar-refractivity contribution in [2.45, 2.75) is 6.61 Å². The van der Waals surface area contributed by atoms with Crippen molar-refractivity contribution < 1.29 is 19.4 Å². The number of rotatable bonds is 1. The van der Waals surface area contributed by atoms with Crippen LogP contribution in [0.5, 0.6) is 11.5 Å². The first-order chi connectivity index (χ1) is 6.65. The Morgan fingerprint density at radius 3 is 3.00 bits per heavy atom. The van der Waals surface area contributed by atoms with E-state index in [1.54, 1.807) is 6.07 Å². The molecule has 0 saturated carbocycles. The van der Waals surface area contributed by atoms with Crippen molar-refractivity contribution in [2.24, 2.45) is 0 Å².